The summed E-state index contributed by atoms with van der Waals surface area (Å²) in [5.74, 6) is -0.266. The highest BCUT2D eigenvalue weighted by Gasteiger charge is 2.24. The number of piperazine rings is 1. The molecule has 0 spiro atoms. The van der Waals surface area contributed by atoms with Crippen LogP contribution in [0.1, 0.15) is 6.42 Å². The van der Waals surface area contributed by atoms with Gasteiger partial charge in [0.25, 0.3) is 0 Å². The van der Waals surface area contributed by atoms with E-state index < -0.39 is 10.0 Å². The molecule has 112 valence electrons. The molecule has 0 saturated carbocycles. The Bertz CT molecular complexity index is 391. The van der Waals surface area contributed by atoms with Gasteiger partial charge in [0.05, 0.1) is 13.4 Å². The van der Waals surface area contributed by atoms with Crippen molar-refractivity contribution in [3.05, 3.63) is 0 Å². The van der Waals surface area contributed by atoms with Gasteiger partial charge in [-0.3, -0.25) is 4.79 Å². The molecule has 1 heterocycles. The van der Waals surface area contributed by atoms with E-state index in [1.54, 1.807) is 7.05 Å². The van der Waals surface area contributed by atoms with E-state index in [2.05, 4.69) is 10.2 Å². The summed E-state index contributed by atoms with van der Waals surface area (Å²) in [6.07, 6.45) is 1.89. The van der Waals surface area contributed by atoms with Gasteiger partial charge in [0, 0.05) is 32.7 Å². The Morgan fingerprint density at radius 3 is 2.32 bits per heavy atom. The second-order valence-electron chi connectivity index (χ2n) is 4.66. The first-order chi connectivity index (χ1) is 8.88. The number of esters is 1. The fraction of sp³-hybridized carbons (Fsp3) is 0.909. The Kier molecular flexibility index (Phi) is 6.18. The quantitative estimate of drug-likeness (QED) is 0.614. The second-order valence-corrected chi connectivity index (χ2v) is 6.64. The number of hydrogen-bond acceptors (Lipinski definition) is 6. The van der Waals surface area contributed by atoms with E-state index in [1.807, 2.05) is 0 Å². The zero-order chi connectivity index (χ0) is 14.5. The maximum Gasteiger partial charge on any atom is 0.322 e. The maximum atomic E-state index is 11.4. The van der Waals surface area contributed by atoms with Gasteiger partial charge in [-0.15, -0.1) is 0 Å². The highest BCUT2D eigenvalue weighted by molar-refractivity contribution is 7.88. The van der Waals surface area contributed by atoms with Crippen LogP contribution in [-0.2, 0) is 19.6 Å². The van der Waals surface area contributed by atoms with Crippen LogP contribution in [0.2, 0.25) is 0 Å². The minimum absolute atomic E-state index is 0.266. The fourth-order valence-corrected chi connectivity index (χ4v) is 2.95. The molecule has 1 unspecified atom stereocenters. The van der Waals surface area contributed by atoms with Gasteiger partial charge in [-0.25, -0.2) is 8.42 Å². The molecule has 0 radical (unpaired) electrons. The first kappa shape index (κ1) is 16.4. The molecule has 1 fully saturated rings. The molecule has 0 amide bonds. The van der Waals surface area contributed by atoms with E-state index in [1.165, 1.54) is 17.7 Å². The summed E-state index contributed by atoms with van der Waals surface area (Å²) in [4.78, 5) is 13.6. The van der Waals surface area contributed by atoms with Crippen molar-refractivity contribution in [2.75, 3.05) is 53.1 Å². The van der Waals surface area contributed by atoms with E-state index >= 15 is 0 Å². The standard InChI is InChI=1S/C11H23N3O4S/c1-12-10(11(15)18-2)4-5-13-6-8-14(9-7-13)19(3,16)17/h10,12H,4-9H2,1-3H3. The van der Waals surface area contributed by atoms with Gasteiger partial charge in [0.1, 0.15) is 6.04 Å². The summed E-state index contributed by atoms with van der Waals surface area (Å²) >= 11 is 0. The predicted molar refractivity (Wildman–Crippen MR) is 72.3 cm³/mol. The lowest BCUT2D eigenvalue weighted by molar-refractivity contribution is -0.143. The lowest BCUT2D eigenvalue weighted by Gasteiger charge is -2.33. The van der Waals surface area contributed by atoms with Crippen molar-refractivity contribution in [1.29, 1.82) is 0 Å². The van der Waals surface area contributed by atoms with Crippen LogP contribution >= 0.6 is 0 Å². The Hall–Kier alpha value is -0.700. The highest BCUT2D eigenvalue weighted by atomic mass is 32.2. The third-order valence-electron chi connectivity index (χ3n) is 3.37. The number of methoxy groups -OCH3 is 1. The molecule has 1 atom stereocenters. The van der Waals surface area contributed by atoms with Crippen LogP contribution < -0.4 is 5.32 Å². The highest BCUT2D eigenvalue weighted by Crippen LogP contribution is 2.07. The molecule has 0 aromatic heterocycles. The monoisotopic (exact) mass is 293 g/mol. The van der Waals surface area contributed by atoms with Crippen LogP contribution in [0.4, 0.5) is 0 Å². The number of likely N-dealkylation sites (N-methyl/N-ethyl adjacent to an activating group) is 1. The zero-order valence-corrected chi connectivity index (χ0v) is 12.6. The molecule has 0 aliphatic carbocycles. The zero-order valence-electron chi connectivity index (χ0n) is 11.8. The minimum Gasteiger partial charge on any atom is -0.468 e. The molecule has 0 aromatic rings. The van der Waals surface area contributed by atoms with Crippen molar-refractivity contribution in [1.82, 2.24) is 14.5 Å². The Balaban J connectivity index is 2.35. The molecule has 1 aliphatic heterocycles. The van der Waals surface area contributed by atoms with Crippen molar-refractivity contribution < 1.29 is 17.9 Å². The number of rotatable bonds is 6. The van der Waals surface area contributed by atoms with Crippen molar-refractivity contribution in [3.63, 3.8) is 0 Å². The summed E-state index contributed by atoms with van der Waals surface area (Å²) < 4.78 is 28.9. The smallest absolute Gasteiger partial charge is 0.322 e. The number of nitrogens with zero attached hydrogens (tertiary/aromatic N) is 2. The maximum absolute atomic E-state index is 11.4. The first-order valence-electron chi connectivity index (χ1n) is 6.31. The van der Waals surface area contributed by atoms with Gasteiger partial charge >= 0.3 is 5.97 Å². The molecule has 1 aliphatic rings. The number of sulfonamides is 1. The Morgan fingerprint density at radius 2 is 1.89 bits per heavy atom. The van der Waals surface area contributed by atoms with Crippen LogP contribution in [-0.4, -0.2) is 82.8 Å². The molecular formula is C11H23N3O4S. The molecule has 7 nitrogen and oxygen atoms in total. The van der Waals surface area contributed by atoms with Crippen LogP contribution in [0.5, 0.6) is 0 Å². The number of carbonyl (C=O) groups is 1. The van der Waals surface area contributed by atoms with Crippen LogP contribution in [0.15, 0.2) is 0 Å². The Labute approximate surface area is 114 Å². The molecule has 1 N–H and O–H groups in total. The number of carbonyl (C=O) groups excluding carboxylic acids is 1. The van der Waals surface area contributed by atoms with E-state index in [4.69, 9.17) is 4.74 Å². The molecule has 0 bridgehead atoms. The van der Waals surface area contributed by atoms with Crippen LogP contribution in [0.3, 0.4) is 0 Å². The summed E-state index contributed by atoms with van der Waals surface area (Å²) in [6, 6.07) is -0.307. The van der Waals surface area contributed by atoms with E-state index in [0.717, 1.165) is 6.54 Å². The minimum atomic E-state index is -3.08. The van der Waals surface area contributed by atoms with E-state index in [0.29, 0.717) is 32.6 Å². The lowest BCUT2D eigenvalue weighted by Crippen LogP contribution is -2.49. The van der Waals surface area contributed by atoms with Crippen LogP contribution in [0.25, 0.3) is 0 Å². The molecule has 0 aromatic carbocycles. The van der Waals surface area contributed by atoms with Crippen LogP contribution in [0, 0.1) is 0 Å². The molecule has 1 saturated heterocycles. The summed E-state index contributed by atoms with van der Waals surface area (Å²) in [5, 5.41) is 2.92. The van der Waals surface area contributed by atoms with Gasteiger partial charge in [-0.1, -0.05) is 0 Å². The van der Waals surface area contributed by atoms with Gasteiger partial charge < -0.3 is 15.0 Å². The van der Waals surface area contributed by atoms with Crippen molar-refractivity contribution in [2.24, 2.45) is 0 Å². The SMILES string of the molecule is CNC(CCN1CCN(S(C)(=O)=O)CC1)C(=O)OC. The summed E-state index contributed by atoms with van der Waals surface area (Å²) in [6.45, 7) is 3.18. The van der Waals surface area contributed by atoms with Crippen molar-refractivity contribution in [2.45, 2.75) is 12.5 Å². The third kappa shape index (κ3) is 5.06. The Morgan fingerprint density at radius 1 is 1.32 bits per heavy atom. The summed E-state index contributed by atoms with van der Waals surface area (Å²) in [7, 11) is 0.0155. The lowest BCUT2D eigenvalue weighted by atomic mass is 10.2. The average Bonchev–Trinajstić information content (AvgIpc) is 2.38. The first-order valence-corrected chi connectivity index (χ1v) is 8.16. The number of nitrogens with one attached hydrogen (secondary N) is 1. The molecule has 8 heteroatoms. The van der Waals surface area contributed by atoms with Gasteiger partial charge in [0.15, 0.2) is 0 Å². The van der Waals surface area contributed by atoms with Gasteiger partial charge in [-0.05, 0) is 13.5 Å². The van der Waals surface area contributed by atoms with Gasteiger partial charge in [0.2, 0.25) is 10.0 Å². The van der Waals surface area contributed by atoms with Gasteiger partial charge in [-0.2, -0.15) is 4.31 Å². The summed E-state index contributed by atoms with van der Waals surface area (Å²) in [5.41, 5.74) is 0. The molecular weight excluding hydrogens is 270 g/mol. The average molecular weight is 293 g/mol. The molecule has 1 rings (SSSR count). The van der Waals surface area contributed by atoms with Crippen molar-refractivity contribution >= 4 is 16.0 Å². The predicted octanol–water partition coefficient (Wildman–Crippen LogP) is -1.29. The largest absolute Gasteiger partial charge is 0.468 e. The topological polar surface area (TPSA) is 79.0 Å². The van der Waals surface area contributed by atoms with E-state index in [9.17, 15) is 13.2 Å². The number of ether oxygens (including phenoxy) is 1. The number of hydrogen-bond donors (Lipinski definition) is 1. The third-order valence-corrected chi connectivity index (χ3v) is 4.67. The normalized spacial score (nSPS) is 20.2. The second kappa shape index (κ2) is 7.18. The van der Waals surface area contributed by atoms with Crippen molar-refractivity contribution in [3.8, 4) is 0 Å². The molecule has 19 heavy (non-hydrogen) atoms. The van der Waals surface area contributed by atoms with E-state index in [-0.39, 0.29) is 12.0 Å². The fourth-order valence-electron chi connectivity index (χ4n) is 2.12.